The Labute approximate surface area is 126 Å². The molecule has 0 bridgehead atoms. The molecule has 0 spiro atoms. The van der Waals surface area contributed by atoms with Gasteiger partial charge < -0.3 is 0 Å². The fourth-order valence-electron chi connectivity index (χ4n) is 0.578. The molecule has 1 rings (SSSR count). The van der Waals surface area contributed by atoms with Crippen LogP contribution in [0.5, 0.6) is 0 Å². The highest BCUT2D eigenvalue weighted by Gasteiger charge is 2.15. The van der Waals surface area contributed by atoms with Crippen molar-refractivity contribution in [1.29, 1.82) is 0 Å². The first kappa shape index (κ1) is 12.4. The summed E-state index contributed by atoms with van der Waals surface area (Å²) in [5.41, 5.74) is 0. The van der Waals surface area contributed by atoms with Crippen LogP contribution in [0.4, 0.5) is 0 Å². The van der Waals surface area contributed by atoms with Gasteiger partial charge in [0, 0.05) is 10.7 Å². The van der Waals surface area contributed by atoms with Gasteiger partial charge in [0.25, 0.3) is 0 Å². The molecule has 0 saturated carbocycles. The van der Waals surface area contributed by atoms with Crippen molar-refractivity contribution in [2.45, 2.75) is 0 Å². The van der Waals surface area contributed by atoms with Crippen LogP contribution in [0, 0.1) is 10.7 Å². The van der Waals surface area contributed by atoms with Gasteiger partial charge in [-0.15, -0.1) is 0 Å². The average molecular weight is 559 g/mol. The van der Waals surface area contributed by atoms with Gasteiger partial charge in [0.15, 0.2) is 0 Å². The predicted molar refractivity (Wildman–Crippen MR) is 79.6 cm³/mol. The van der Waals surface area contributed by atoms with Crippen LogP contribution in [0.2, 0.25) is 15.1 Å². The van der Waals surface area contributed by atoms with E-state index in [-0.39, 0.29) is 0 Å². The number of benzene rings is 1. The molecule has 0 fully saturated rings. The molecule has 1 aromatic carbocycles. The average Bonchev–Trinajstić information content (AvgIpc) is 2.08. The number of hydrogen-bond acceptors (Lipinski definition) is 0. The molecule has 0 aliphatic heterocycles. The Balaban J connectivity index is 3.60. The molecular formula is C6Cl3I3. The maximum absolute atomic E-state index is 5.93. The summed E-state index contributed by atoms with van der Waals surface area (Å²) in [7, 11) is 0. The van der Waals surface area contributed by atoms with Gasteiger partial charge >= 0.3 is 0 Å². The van der Waals surface area contributed by atoms with Crippen LogP contribution in [0.15, 0.2) is 0 Å². The van der Waals surface area contributed by atoms with Gasteiger partial charge in [0.1, 0.15) is 0 Å². The minimum absolute atomic E-state index is 0.438. The maximum Gasteiger partial charge on any atom is 0.0800 e. The molecule has 1 aromatic rings. The lowest BCUT2D eigenvalue weighted by Crippen LogP contribution is -1.90. The molecule has 0 heterocycles. The Morgan fingerprint density at radius 2 is 0.917 bits per heavy atom. The van der Waals surface area contributed by atoms with Crippen molar-refractivity contribution in [3.63, 3.8) is 0 Å². The lowest BCUT2D eigenvalue weighted by atomic mass is 10.4. The summed E-state index contributed by atoms with van der Waals surface area (Å²) in [6, 6.07) is 0. The Bertz CT molecular complexity index is 232. The summed E-state index contributed by atoms with van der Waals surface area (Å²) in [5, 5.41) is 1.51. The van der Waals surface area contributed by atoms with Crippen LogP contribution in [-0.4, -0.2) is 0 Å². The van der Waals surface area contributed by atoms with E-state index in [1.807, 2.05) is 0 Å². The van der Waals surface area contributed by atoms with E-state index in [2.05, 4.69) is 67.8 Å². The second-order valence-electron chi connectivity index (χ2n) is 1.88. The van der Waals surface area contributed by atoms with Crippen LogP contribution in [0.25, 0.3) is 0 Å². The molecule has 0 nitrogen and oxygen atoms in total. The number of halogens is 6. The van der Waals surface area contributed by atoms with Gasteiger partial charge in [0.2, 0.25) is 0 Å². The topological polar surface area (TPSA) is 0 Å². The highest BCUT2D eigenvalue weighted by atomic mass is 127. The van der Waals surface area contributed by atoms with Crippen molar-refractivity contribution in [3.05, 3.63) is 25.8 Å². The third kappa shape index (κ3) is 2.26. The van der Waals surface area contributed by atoms with Crippen molar-refractivity contribution in [1.82, 2.24) is 0 Å². The molecule has 0 unspecified atom stereocenters. The highest BCUT2D eigenvalue weighted by Crippen LogP contribution is 2.40. The van der Waals surface area contributed by atoms with E-state index in [0.717, 1.165) is 10.7 Å². The van der Waals surface area contributed by atoms with E-state index >= 15 is 0 Å². The Morgan fingerprint density at radius 1 is 0.583 bits per heavy atom. The van der Waals surface area contributed by atoms with Crippen LogP contribution < -0.4 is 0 Å². The SMILES string of the molecule is Clc1c(Cl)c(I)c(I)c(I)c1Cl. The second kappa shape index (κ2) is 4.87. The van der Waals surface area contributed by atoms with E-state index in [1.54, 1.807) is 0 Å². The Kier molecular flexibility index (Phi) is 5.01. The first-order chi connectivity index (χ1) is 5.46. The van der Waals surface area contributed by atoms with Crippen LogP contribution >= 0.6 is 103 Å². The molecule has 0 saturated heterocycles. The van der Waals surface area contributed by atoms with Gasteiger partial charge in [-0.1, -0.05) is 34.8 Å². The largest absolute Gasteiger partial charge is 0.0814 e. The lowest BCUT2D eigenvalue weighted by molar-refractivity contribution is 1.52. The Hall–Kier alpha value is 2.28. The van der Waals surface area contributed by atoms with Gasteiger partial charge in [-0.05, 0) is 67.8 Å². The minimum atomic E-state index is 0.438. The van der Waals surface area contributed by atoms with Crippen LogP contribution in [0.1, 0.15) is 0 Å². The fraction of sp³-hybridized carbons (Fsp3) is 0. The molecule has 12 heavy (non-hydrogen) atoms. The van der Waals surface area contributed by atoms with E-state index < -0.39 is 0 Å². The first-order valence-corrected chi connectivity index (χ1v) is 7.00. The van der Waals surface area contributed by atoms with E-state index in [0.29, 0.717) is 15.1 Å². The van der Waals surface area contributed by atoms with Crippen molar-refractivity contribution >= 4 is 103 Å². The minimum Gasteiger partial charge on any atom is -0.0814 e. The summed E-state index contributed by atoms with van der Waals surface area (Å²) in [4.78, 5) is 0. The van der Waals surface area contributed by atoms with Crippen molar-refractivity contribution in [2.75, 3.05) is 0 Å². The summed E-state index contributed by atoms with van der Waals surface area (Å²) < 4.78 is 2.95. The quantitative estimate of drug-likeness (QED) is 0.225. The second-order valence-corrected chi connectivity index (χ2v) is 6.25. The molecule has 0 N–H and O–H groups in total. The molecule has 0 aliphatic carbocycles. The third-order valence-corrected chi connectivity index (χ3v) is 8.42. The van der Waals surface area contributed by atoms with Gasteiger partial charge in [0.05, 0.1) is 15.1 Å². The standard InChI is InChI=1S/C6Cl3I3/c7-1-2(8)4(10)6(12)5(11)3(1)9. The fourth-order valence-corrected chi connectivity index (χ4v) is 3.97. The van der Waals surface area contributed by atoms with Gasteiger partial charge in [-0.3, -0.25) is 0 Å². The smallest absolute Gasteiger partial charge is 0.0800 e. The highest BCUT2D eigenvalue weighted by molar-refractivity contribution is 14.1. The first-order valence-electron chi connectivity index (χ1n) is 2.63. The van der Waals surface area contributed by atoms with Gasteiger partial charge in [-0.2, -0.15) is 0 Å². The summed E-state index contributed by atoms with van der Waals surface area (Å²) in [6.45, 7) is 0. The van der Waals surface area contributed by atoms with E-state index in [4.69, 9.17) is 34.8 Å². The van der Waals surface area contributed by atoms with Crippen LogP contribution in [-0.2, 0) is 0 Å². The molecular weight excluding hydrogens is 559 g/mol. The molecule has 0 radical (unpaired) electrons. The maximum atomic E-state index is 5.93. The molecule has 0 atom stereocenters. The normalized spacial score (nSPS) is 10.5. The zero-order valence-electron chi connectivity index (χ0n) is 5.27. The monoisotopic (exact) mass is 558 g/mol. The lowest BCUT2D eigenvalue weighted by Gasteiger charge is -2.07. The third-order valence-electron chi connectivity index (χ3n) is 1.16. The van der Waals surface area contributed by atoms with E-state index in [9.17, 15) is 0 Å². The molecule has 6 heteroatoms. The molecule has 0 amide bonds. The Morgan fingerprint density at radius 3 is 1.25 bits per heavy atom. The molecule has 0 aliphatic rings. The van der Waals surface area contributed by atoms with E-state index in [1.165, 1.54) is 0 Å². The van der Waals surface area contributed by atoms with Crippen molar-refractivity contribution < 1.29 is 0 Å². The zero-order valence-corrected chi connectivity index (χ0v) is 14.0. The summed E-state index contributed by atoms with van der Waals surface area (Å²) >= 11 is 24.2. The number of rotatable bonds is 0. The summed E-state index contributed by atoms with van der Waals surface area (Å²) in [5.74, 6) is 0. The zero-order chi connectivity index (χ0) is 9.46. The van der Waals surface area contributed by atoms with Crippen LogP contribution in [0.3, 0.4) is 0 Å². The predicted octanol–water partition coefficient (Wildman–Crippen LogP) is 5.46. The molecule has 66 valence electrons. The summed E-state index contributed by atoms with van der Waals surface area (Å²) in [6.07, 6.45) is 0. The van der Waals surface area contributed by atoms with Crippen molar-refractivity contribution in [3.8, 4) is 0 Å². The van der Waals surface area contributed by atoms with Crippen molar-refractivity contribution in [2.24, 2.45) is 0 Å². The molecule has 0 aromatic heterocycles. The number of hydrogen-bond donors (Lipinski definition) is 0. The van der Waals surface area contributed by atoms with Gasteiger partial charge in [-0.25, -0.2) is 0 Å².